The standard InChI is InChI=1S/C13H14N2O2S/c1-9-11(12(16)17-3)14-13(18-9)15(2)10-7-5-4-6-8-10/h4-8H,1-3H3. The van der Waals surface area contributed by atoms with Gasteiger partial charge in [0.1, 0.15) is 0 Å². The fraction of sp³-hybridized carbons (Fsp3) is 0.231. The van der Waals surface area contributed by atoms with Gasteiger partial charge in [-0.25, -0.2) is 9.78 Å². The Morgan fingerprint density at radius 1 is 1.33 bits per heavy atom. The molecule has 0 bridgehead atoms. The lowest BCUT2D eigenvalue weighted by atomic mass is 10.3. The van der Waals surface area contributed by atoms with Crippen molar-refractivity contribution in [2.75, 3.05) is 19.1 Å². The number of para-hydroxylation sites is 1. The largest absolute Gasteiger partial charge is 0.464 e. The summed E-state index contributed by atoms with van der Waals surface area (Å²) in [5.74, 6) is -0.392. The van der Waals surface area contributed by atoms with Crippen molar-refractivity contribution in [3.63, 3.8) is 0 Å². The molecule has 0 aliphatic rings. The highest BCUT2D eigenvalue weighted by atomic mass is 32.1. The van der Waals surface area contributed by atoms with E-state index in [2.05, 4.69) is 4.98 Å². The van der Waals surface area contributed by atoms with Gasteiger partial charge in [0.15, 0.2) is 10.8 Å². The van der Waals surface area contributed by atoms with E-state index in [1.165, 1.54) is 18.4 Å². The number of aromatic nitrogens is 1. The molecule has 5 heteroatoms. The number of anilines is 2. The van der Waals surface area contributed by atoms with E-state index in [4.69, 9.17) is 4.74 Å². The van der Waals surface area contributed by atoms with Gasteiger partial charge in [0.05, 0.1) is 7.11 Å². The molecule has 0 aliphatic heterocycles. The van der Waals surface area contributed by atoms with Crippen LogP contribution in [0.1, 0.15) is 15.4 Å². The average molecular weight is 262 g/mol. The number of ether oxygens (including phenoxy) is 1. The third-order valence-corrected chi connectivity index (χ3v) is 3.64. The monoisotopic (exact) mass is 262 g/mol. The second-order valence-corrected chi connectivity index (χ2v) is 4.97. The number of rotatable bonds is 3. The molecule has 0 saturated carbocycles. The van der Waals surface area contributed by atoms with Crippen LogP contribution in [0.5, 0.6) is 0 Å². The number of hydrogen-bond donors (Lipinski definition) is 0. The van der Waals surface area contributed by atoms with Crippen LogP contribution >= 0.6 is 11.3 Å². The van der Waals surface area contributed by atoms with Gasteiger partial charge in [0.25, 0.3) is 0 Å². The molecule has 2 aromatic rings. The van der Waals surface area contributed by atoms with Crippen LogP contribution in [0.4, 0.5) is 10.8 Å². The Kier molecular flexibility index (Phi) is 3.62. The molecule has 0 unspecified atom stereocenters. The average Bonchev–Trinajstić information content (AvgIpc) is 2.80. The smallest absolute Gasteiger partial charge is 0.357 e. The van der Waals surface area contributed by atoms with Gasteiger partial charge in [-0.05, 0) is 19.1 Å². The van der Waals surface area contributed by atoms with Gasteiger partial charge in [0.2, 0.25) is 0 Å². The predicted molar refractivity (Wildman–Crippen MR) is 72.7 cm³/mol. The molecule has 2 rings (SSSR count). The Labute approximate surface area is 110 Å². The van der Waals surface area contributed by atoms with Crippen molar-refractivity contribution in [1.29, 1.82) is 0 Å². The van der Waals surface area contributed by atoms with E-state index in [-0.39, 0.29) is 0 Å². The summed E-state index contributed by atoms with van der Waals surface area (Å²) in [4.78, 5) is 18.6. The maximum Gasteiger partial charge on any atom is 0.357 e. The molecule has 4 nitrogen and oxygen atoms in total. The summed E-state index contributed by atoms with van der Waals surface area (Å²) < 4.78 is 4.70. The summed E-state index contributed by atoms with van der Waals surface area (Å²) in [5, 5.41) is 0.777. The Morgan fingerprint density at radius 2 is 2.00 bits per heavy atom. The van der Waals surface area contributed by atoms with Gasteiger partial charge in [-0.1, -0.05) is 18.2 Å². The van der Waals surface area contributed by atoms with Crippen LogP contribution in [-0.2, 0) is 4.74 Å². The quantitative estimate of drug-likeness (QED) is 0.797. The molecule has 18 heavy (non-hydrogen) atoms. The molecule has 0 saturated heterocycles. The first kappa shape index (κ1) is 12.6. The number of benzene rings is 1. The van der Waals surface area contributed by atoms with Gasteiger partial charge in [0, 0.05) is 17.6 Å². The van der Waals surface area contributed by atoms with E-state index in [1.54, 1.807) is 0 Å². The lowest BCUT2D eigenvalue weighted by molar-refractivity contribution is 0.0594. The molecule has 0 spiro atoms. The maximum atomic E-state index is 11.5. The van der Waals surface area contributed by atoms with E-state index in [0.717, 1.165) is 15.7 Å². The summed E-state index contributed by atoms with van der Waals surface area (Å²) in [6.07, 6.45) is 0. The van der Waals surface area contributed by atoms with Crippen LogP contribution in [0.25, 0.3) is 0 Å². The molecule has 0 aliphatic carbocycles. The molecule has 1 aromatic carbocycles. The third kappa shape index (κ3) is 2.36. The minimum atomic E-state index is -0.392. The van der Waals surface area contributed by atoms with Crippen LogP contribution in [0.2, 0.25) is 0 Å². The molecule has 1 heterocycles. The Hall–Kier alpha value is -1.88. The van der Waals surface area contributed by atoms with E-state index in [0.29, 0.717) is 5.69 Å². The molecule has 0 radical (unpaired) electrons. The number of carbonyl (C=O) groups is 1. The fourth-order valence-corrected chi connectivity index (χ4v) is 2.45. The Bertz CT molecular complexity index is 551. The Morgan fingerprint density at radius 3 is 2.61 bits per heavy atom. The summed E-state index contributed by atoms with van der Waals surface area (Å²) >= 11 is 1.47. The molecule has 1 aromatic heterocycles. The zero-order valence-electron chi connectivity index (χ0n) is 10.5. The van der Waals surface area contributed by atoms with Crippen LogP contribution in [0.3, 0.4) is 0 Å². The van der Waals surface area contributed by atoms with Crippen LogP contribution in [-0.4, -0.2) is 25.1 Å². The second kappa shape index (κ2) is 5.18. The van der Waals surface area contributed by atoms with E-state index in [9.17, 15) is 4.79 Å². The normalized spacial score (nSPS) is 10.2. The van der Waals surface area contributed by atoms with Gasteiger partial charge in [-0.2, -0.15) is 0 Å². The van der Waals surface area contributed by atoms with E-state index >= 15 is 0 Å². The van der Waals surface area contributed by atoms with Crippen LogP contribution in [0.15, 0.2) is 30.3 Å². The maximum absolute atomic E-state index is 11.5. The van der Waals surface area contributed by atoms with Crippen molar-refractivity contribution in [1.82, 2.24) is 4.98 Å². The number of esters is 1. The van der Waals surface area contributed by atoms with Crippen molar-refractivity contribution in [2.24, 2.45) is 0 Å². The van der Waals surface area contributed by atoms with Crippen molar-refractivity contribution >= 4 is 28.1 Å². The van der Waals surface area contributed by atoms with Gasteiger partial charge < -0.3 is 9.64 Å². The first-order valence-electron chi connectivity index (χ1n) is 5.48. The highest BCUT2D eigenvalue weighted by Gasteiger charge is 2.18. The SMILES string of the molecule is COC(=O)c1nc(N(C)c2ccccc2)sc1C. The molecule has 0 amide bonds. The summed E-state index contributed by atoms with van der Waals surface area (Å²) in [6, 6.07) is 9.88. The number of nitrogens with zero attached hydrogens (tertiary/aromatic N) is 2. The topological polar surface area (TPSA) is 42.4 Å². The highest BCUT2D eigenvalue weighted by molar-refractivity contribution is 7.15. The number of aryl methyl sites for hydroxylation is 1. The lowest BCUT2D eigenvalue weighted by Gasteiger charge is -2.15. The predicted octanol–water partition coefficient (Wildman–Crippen LogP) is 3.01. The first-order valence-corrected chi connectivity index (χ1v) is 6.29. The van der Waals surface area contributed by atoms with Crippen molar-refractivity contribution in [2.45, 2.75) is 6.92 Å². The number of carbonyl (C=O) groups excluding carboxylic acids is 1. The molecule has 0 N–H and O–H groups in total. The zero-order chi connectivity index (χ0) is 13.1. The van der Waals surface area contributed by atoms with Crippen LogP contribution < -0.4 is 4.90 Å². The Balaban J connectivity index is 2.32. The van der Waals surface area contributed by atoms with Crippen molar-refractivity contribution < 1.29 is 9.53 Å². The minimum Gasteiger partial charge on any atom is -0.464 e. The summed E-state index contributed by atoms with van der Waals surface area (Å²) in [7, 11) is 3.29. The number of thiazole rings is 1. The zero-order valence-corrected chi connectivity index (χ0v) is 11.3. The first-order chi connectivity index (χ1) is 8.63. The fourth-order valence-electron chi connectivity index (χ4n) is 1.57. The lowest BCUT2D eigenvalue weighted by Crippen LogP contribution is -2.10. The van der Waals surface area contributed by atoms with E-state index in [1.807, 2.05) is 49.2 Å². The van der Waals surface area contributed by atoms with Gasteiger partial charge >= 0.3 is 5.97 Å². The summed E-state index contributed by atoms with van der Waals surface area (Å²) in [5.41, 5.74) is 1.42. The van der Waals surface area contributed by atoms with Crippen LogP contribution in [0, 0.1) is 6.92 Å². The molecular weight excluding hydrogens is 248 g/mol. The van der Waals surface area contributed by atoms with Gasteiger partial charge in [-0.15, -0.1) is 11.3 Å². The minimum absolute atomic E-state index is 0.389. The summed E-state index contributed by atoms with van der Waals surface area (Å²) in [6.45, 7) is 1.87. The van der Waals surface area contributed by atoms with Crippen molar-refractivity contribution in [3.8, 4) is 0 Å². The number of hydrogen-bond acceptors (Lipinski definition) is 5. The molecule has 0 fully saturated rings. The molecule has 0 atom stereocenters. The number of methoxy groups -OCH3 is 1. The second-order valence-electron chi connectivity index (χ2n) is 3.79. The third-order valence-electron chi connectivity index (χ3n) is 2.59. The molecule has 94 valence electrons. The highest BCUT2D eigenvalue weighted by Crippen LogP contribution is 2.30. The van der Waals surface area contributed by atoms with E-state index < -0.39 is 5.97 Å². The molecular formula is C13H14N2O2S. The van der Waals surface area contributed by atoms with Gasteiger partial charge in [-0.3, -0.25) is 0 Å². The van der Waals surface area contributed by atoms with Crippen molar-refractivity contribution in [3.05, 3.63) is 40.9 Å².